The minimum absolute atomic E-state index is 0.210. The molecule has 0 radical (unpaired) electrons. The van der Waals surface area contributed by atoms with Crippen LogP contribution in [0.25, 0.3) is 0 Å². The fourth-order valence-corrected chi connectivity index (χ4v) is 2.09. The quantitative estimate of drug-likeness (QED) is 0.664. The van der Waals surface area contributed by atoms with Gasteiger partial charge in [-0.2, -0.15) is 26.3 Å². The van der Waals surface area contributed by atoms with Crippen molar-refractivity contribution < 1.29 is 26.3 Å². The summed E-state index contributed by atoms with van der Waals surface area (Å²) in [7, 11) is 0. The molecule has 0 saturated heterocycles. The smallest absolute Gasteiger partial charge is 0.398 e. The summed E-state index contributed by atoms with van der Waals surface area (Å²) in [5.41, 5.74) is 4.04. The number of alkyl halides is 6. The van der Waals surface area contributed by atoms with Gasteiger partial charge in [-0.1, -0.05) is 6.07 Å². The van der Waals surface area contributed by atoms with Crippen LogP contribution in [-0.2, 0) is 25.2 Å². The van der Waals surface area contributed by atoms with Gasteiger partial charge in [-0.3, -0.25) is 4.98 Å². The maximum Gasteiger partial charge on any atom is 0.418 e. The zero-order valence-electron chi connectivity index (χ0n) is 11.7. The molecule has 0 aliphatic rings. The van der Waals surface area contributed by atoms with Gasteiger partial charge in [-0.25, -0.2) is 0 Å². The predicted octanol–water partition coefficient (Wildman–Crippen LogP) is 4.49. The molecule has 0 bridgehead atoms. The zero-order chi connectivity index (χ0) is 17.3. The van der Waals surface area contributed by atoms with Gasteiger partial charge in [0.2, 0.25) is 0 Å². The van der Waals surface area contributed by atoms with E-state index >= 15 is 0 Å². The van der Waals surface area contributed by atoms with Crippen molar-refractivity contribution in [2.24, 2.45) is 0 Å². The maximum absolute atomic E-state index is 12.6. The van der Waals surface area contributed by atoms with Crippen LogP contribution in [0.4, 0.5) is 32.0 Å². The summed E-state index contributed by atoms with van der Waals surface area (Å²) in [5, 5.41) is 0. The van der Waals surface area contributed by atoms with Crippen molar-refractivity contribution >= 4 is 5.69 Å². The fourth-order valence-electron chi connectivity index (χ4n) is 2.09. The fraction of sp³-hybridized carbons (Fsp3) is 0.267. The van der Waals surface area contributed by atoms with Crippen LogP contribution in [0.2, 0.25) is 0 Å². The Balaban J connectivity index is 2.11. The molecule has 0 aliphatic heterocycles. The van der Waals surface area contributed by atoms with Crippen LogP contribution in [0.3, 0.4) is 0 Å². The first-order valence-corrected chi connectivity index (χ1v) is 6.54. The number of halogens is 6. The highest BCUT2D eigenvalue weighted by Gasteiger charge is 2.33. The van der Waals surface area contributed by atoms with E-state index in [2.05, 4.69) is 4.98 Å². The standard InChI is InChI=1S/C15H12F6N2/c16-14(17,18)11-5-10(7-23-8-11)2-1-9-3-4-12(13(22)6-9)15(19,20)21/h3-8H,1-2,22H2. The van der Waals surface area contributed by atoms with E-state index in [1.807, 2.05) is 0 Å². The summed E-state index contributed by atoms with van der Waals surface area (Å²) < 4.78 is 75.5. The molecule has 1 heterocycles. The monoisotopic (exact) mass is 334 g/mol. The lowest BCUT2D eigenvalue weighted by molar-refractivity contribution is -0.138. The number of hydrogen-bond donors (Lipinski definition) is 1. The molecular formula is C15H12F6N2. The second kappa shape index (κ2) is 6.10. The molecule has 1 aromatic heterocycles. The molecule has 0 fully saturated rings. The van der Waals surface area contributed by atoms with Crippen LogP contribution < -0.4 is 5.73 Å². The van der Waals surface area contributed by atoms with Crippen molar-refractivity contribution in [3.63, 3.8) is 0 Å². The lowest BCUT2D eigenvalue weighted by Crippen LogP contribution is -2.09. The Hall–Kier alpha value is -2.25. The Morgan fingerprint density at radius 1 is 0.826 bits per heavy atom. The average Bonchev–Trinajstić information content (AvgIpc) is 2.43. The van der Waals surface area contributed by atoms with Gasteiger partial charge in [0.25, 0.3) is 0 Å². The SMILES string of the molecule is Nc1cc(CCc2cncc(C(F)(F)F)c2)ccc1C(F)(F)F. The molecule has 8 heteroatoms. The normalized spacial score (nSPS) is 12.4. The third-order valence-electron chi connectivity index (χ3n) is 3.25. The molecular weight excluding hydrogens is 322 g/mol. The second-order valence-electron chi connectivity index (χ2n) is 5.00. The van der Waals surface area contributed by atoms with Crippen molar-refractivity contribution in [3.8, 4) is 0 Å². The van der Waals surface area contributed by atoms with E-state index in [4.69, 9.17) is 5.73 Å². The molecule has 0 aliphatic carbocycles. The van der Waals surface area contributed by atoms with E-state index in [9.17, 15) is 26.3 Å². The number of pyridine rings is 1. The van der Waals surface area contributed by atoms with Gasteiger partial charge in [0.1, 0.15) is 0 Å². The Labute approximate surface area is 128 Å². The zero-order valence-corrected chi connectivity index (χ0v) is 11.7. The first-order chi connectivity index (χ1) is 10.6. The third kappa shape index (κ3) is 4.37. The highest BCUT2D eigenvalue weighted by molar-refractivity contribution is 5.50. The number of rotatable bonds is 3. The molecule has 2 N–H and O–H groups in total. The molecule has 2 aromatic rings. The molecule has 0 unspecified atom stereocenters. The van der Waals surface area contributed by atoms with Gasteiger partial charge in [0, 0.05) is 18.1 Å². The minimum atomic E-state index is -4.53. The second-order valence-corrected chi connectivity index (χ2v) is 5.00. The van der Waals surface area contributed by atoms with Crippen molar-refractivity contribution in [2.75, 3.05) is 5.73 Å². The number of nitrogen functional groups attached to an aromatic ring is 1. The topological polar surface area (TPSA) is 38.9 Å². The van der Waals surface area contributed by atoms with Crippen molar-refractivity contribution in [3.05, 3.63) is 58.9 Å². The molecule has 0 amide bonds. The number of aryl methyl sites for hydroxylation is 2. The number of nitrogens with two attached hydrogens (primary N) is 1. The predicted molar refractivity (Wildman–Crippen MR) is 72.5 cm³/mol. The largest absolute Gasteiger partial charge is 0.418 e. The molecule has 0 saturated carbocycles. The number of aromatic nitrogens is 1. The Morgan fingerprint density at radius 3 is 2.04 bits per heavy atom. The van der Waals surface area contributed by atoms with Crippen LogP contribution in [0.1, 0.15) is 22.3 Å². The summed E-state index contributed by atoms with van der Waals surface area (Å²) in [6.07, 6.45) is -6.54. The molecule has 0 atom stereocenters. The van der Waals surface area contributed by atoms with E-state index in [0.29, 0.717) is 11.1 Å². The molecule has 1 aromatic carbocycles. The summed E-state index contributed by atoms with van der Waals surface area (Å²) in [5.74, 6) is 0. The molecule has 124 valence electrons. The molecule has 0 spiro atoms. The van der Waals surface area contributed by atoms with Crippen LogP contribution in [0.5, 0.6) is 0 Å². The summed E-state index contributed by atoms with van der Waals surface area (Å²) in [6, 6.07) is 4.29. The first kappa shape index (κ1) is 17.1. The molecule has 23 heavy (non-hydrogen) atoms. The highest BCUT2D eigenvalue weighted by atomic mass is 19.4. The number of benzene rings is 1. The van der Waals surface area contributed by atoms with Gasteiger partial charge in [0.05, 0.1) is 11.1 Å². The maximum atomic E-state index is 12.6. The first-order valence-electron chi connectivity index (χ1n) is 6.54. The van der Waals surface area contributed by atoms with Crippen LogP contribution in [0.15, 0.2) is 36.7 Å². The van der Waals surface area contributed by atoms with Crippen molar-refractivity contribution in [1.29, 1.82) is 0 Å². The van der Waals surface area contributed by atoms with E-state index in [-0.39, 0.29) is 12.8 Å². The minimum Gasteiger partial charge on any atom is -0.398 e. The number of anilines is 1. The van der Waals surface area contributed by atoms with Gasteiger partial charge in [-0.15, -0.1) is 0 Å². The lowest BCUT2D eigenvalue weighted by atomic mass is 10.0. The Bertz CT molecular complexity index is 691. The van der Waals surface area contributed by atoms with E-state index in [0.717, 1.165) is 18.3 Å². The van der Waals surface area contributed by atoms with E-state index in [1.165, 1.54) is 18.3 Å². The van der Waals surface area contributed by atoms with Gasteiger partial charge < -0.3 is 5.73 Å². The summed E-state index contributed by atoms with van der Waals surface area (Å²) in [6.45, 7) is 0. The summed E-state index contributed by atoms with van der Waals surface area (Å²) in [4.78, 5) is 3.53. The summed E-state index contributed by atoms with van der Waals surface area (Å²) >= 11 is 0. The third-order valence-corrected chi connectivity index (χ3v) is 3.25. The average molecular weight is 334 g/mol. The van der Waals surface area contributed by atoms with Crippen LogP contribution >= 0.6 is 0 Å². The van der Waals surface area contributed by atoms with Gasteiger partial charge >= 0.3 is 12.4 Å². The van der Waals surface area contributed by atoms with Gasteiger partial charge in [-0.05, 0) is 42.2 Å². The molecule has 2 rings (SSSR count). The number of nitrogens with zero attached hydrogens (tertiary/aromatic N) is 1. The highest BCUT2D eigenvalue weighted by Crippen LogP contribution is 2.34. The number of hydrogen-bond acceptors (Lipinski definition) is 2. The van der Waals surface area contributed by atoms with Crippen LogP contribution in [-0.4, -0.2) is 4.98 Å². The molecule has 2 nitrogen and oxygen atoms in total. The Kier molecular flexibility index (Phi) is 4.53. The van der Waals surface area contributed by atoms with Crippen molar-refractivity contribution in [1.82, 2.24) is 4.98 Å². The van der Waals surface area contributed by atoms with E-state index < -0.39 is 29.2 Å². The van der Waals surface area contributed by atoms with Crippen molar-refractivity contribution in [2.45, 2.75) is 25.2 Å². The Morgan fingerprint density at radius 2 is 1.48 bits per heavy atom. The lowest BCUT2D eigenvalue weighted by Gasteiger charge is -2.12. The van der Waals surface area contributed by atoms with Crippen LogP contribution in [0, 0.1) is 0 Å². The van der Waals surface area contributed by atoms with Gasteiger partial charge in [0.15, 0.2) is 0 Å². The van der Waals surface area contributed by atoms with E-state index in [1.54, 1.807) is 0 Å².